The van der Waals surface area contributed by atoms with Crippen molar-refractivity contribution >= 4 is 5.97 Å². The molecule has 0 radical (unpaired) electrons. The van der Waals surface area contributed by atoms with Crippen LogP contribution in [-0.2, 0) is 11.8 Å². The SMILES string of the molecule is COC(=O)c1cncnc1Oc1cc(C)nn1C. The van der Waals surface area contributed by atoms with Gasteiger partial charge in [0.15, 0.2) is 0 Å². The van der Waals surface area contributed by atoms with Crippen molar-refractivity contribution in [2.75, 3.05) is 7.11 Å². The largest absolute Gasteiger partial charge is 0.465 e. The van der Waals surface area contributed by atoms with E-state index in [0.29, 0.717) is 5.88 Å². The smallest absolute Gasteiger partial charge is 0.345 e. The van der Waals surface area contributed by atoms with Crippen LogP contribution in [0.25, 0.3) is 0 Å². The molecular formula is C11H12N4O3. The van der Waals surface area contributed by atoms with Crippen LogP contribution in [0.4, 0.5) is 0 Å². The molecule has 2 heterocycles. The van der Waals surface area contributed by atoms with Gasteiger partial charge in [-0.05, 0) is 6.92 Å². The Morgan fingerprint density at radius 2 is 2.22 bits per heavy atom. The summed E-state index contributed by atoms with van der Waals surface area (Å²) in [5, 5.41) is 4.13. The van der Waals surface area contributed by atoms with Crippen LogP contribution in [0.15, 0.2) is 18.6 Å². The van der Waals surface area contributed by atoms with Crippen LogP contribution in [0, 0.1) is 6.92 Å². The Kier molecular flexibility index (Phi) is 3.22. The molecule has 2 rings (SSSR count). The molecule has 0 unspecified atom stereocenters. The van der Waals surface area contributed by atoms with Gasteiger partial charge in [0.2, 0.25) is 11.8 Å². The number of hydrogen-bond acceptors (Lipinski definition) is 6. The number of aromatic nitrogens is 4. The maximum atomic E-state index is 11.5. The molecule has 7 heteroatoms. The molecule has 0 amide bonds. The fourth-order valence-corrected chi connectivity index (χ4v) is 1.43. The molecule has 0 saturated heterocycles. The zero-order valence-electron chi connectivity index (χ0n) is 10.2. The average Bonchev–Trinajstić information content (AvgIpc) is 2.67. The summed E-state index contributed by atoms with van der Waals surface area (Å²) < 4.78 is 11.7. The minimum absolute atomic E-state index is 0.139. The van der Waals surface area contributed by atoms with Gasteiger partial charge in [0, 0.05) is 19.3 Å². The predicted molar refractivity (Wildman–Crippen MR) is 61.4 cm³/mol. The molecule has 0 aliphatic carbocycles. The highest BCUT2D eigenvalue weighted by Gasteiger charge is 2.16. The van der Waals surface area contributed by atoms with Gasteiger partial charge in [-0.1, -0.05) is 0 Å². The van der Waals surface area contributed by atoms with Gasteiger partial charge in [-0.15, -0.1) is 0 Å². The van der Waals surface area contributed by atoms with Gasteiger partial charge in [0.1, 0.15) is 11.9 Å². The second-order valence-corrected chi connectivity index (χ2v) is 3.58. The summed E-state index contributed by atoms with van der Waals surface area (Å²) in [7, 11) is 3.02. The third-order valence-corrected chi connectivity index (χ3v) is 2.24. The Hall–Kier alpha value is -2.44. The first-order valence-corrected chi connectivity index (χ1v) is 5.18. The fraction of sp³-hybridized carbons (Fsp3) is 0.273. The topological polar surface area (TPSA) is 79.1 Å². The van der Waals surface area contributed by atoms with E-state index in [4.69, 9.17) is 4.74 Å². The van der Waals surface area contributed by atoms with Crippen LogP contribution >= 0.6 is 0 Å². The lowest BCUT2D eigenvalue weighted by Crippen LogP contribution is -2.06. The molecule has 7 nitrogen and oxygen atoms in total. The molecule has 0 aromatic carbocycles. The van der Waals surface area contributed by atoms with Gasteiger partial charge in [-0.25, -0.2) is 19.4 Å². The van der Waals surface area contributed by atoms with Crippen molar-refractivity contribution in [3.8, 4) is 11.8 Å². The highest BCUT2D eigenvalue weighted by Crippen LogP contribution is 2.22. The lowest BCUT2D eigenvalue weighted by molar-refractivity contribution is 0.0596. The molecule has 0 atom stereocenters. The lowest BCUT2D eigenvalue weighted by atomic mass is 10.3. The minimum Gasteiger partial charge on any atom is -0.465 e. The van der Waals surface area contributed by atoms with Crippen molar-refractivity contribution in [2.24, 2.45) is 7.05 Å². The molecule has 0 aliphatic heterocycles. The normalized spacial score (nSPS) is 10.2. The van der Waals surface area contributed by atoms with E-state index in [1.807, 2.05) is 6.92 Å². The van der Waals surface area contributed by atoms with Crippen molar-refractivity contribution in [1.29, 1.82) is 0 Å². The first kappa shape index (κ1) is 12.0. The Bertz CT molecular complexity index is 579. The van der Waals surface area contributed by atoms with E-state index >= 15 is 0 Å². The molecule has 18 heavy (non-hydrogen) atoms. The summed E-state index contributed by atoms with van der Waals surface area (Å²) >= 11 is 0. The number of nitrogens with zero attached hydrogens (tertiary/aromatic N) is 4. The molecule has 94 valence electrons. The second kappa shape index (κ2) is 4.82. The molecule has 0 aliphatic rings. The molecule has 0 spiro atoms. The Morgan fingerprint density at radius 3 is 2.83 bits per heavy atom. The number of rotatable bonds is 3. The van der Waals surface area contributed by atoms with Crippen LogP contribution in [-0.4, -0.2) is 32.8 Å². The van der Waals surface area contributed by atoms with Crippen LogP contribution in [0.2, 0.25) is 0 Å². The summed E-state index contributed by atoms with van der Waals surface area (Å²) in [5.41, 5.74) is 0.972. The van der Waals surface area contributed by atoms with E-state index in [2.05, 4.69) is 19.8 Å². The number of ether oxygens (including phenoxy) is 2. The highest BCUT2D eigenvalue weighted by atomic mass is 16.5. The van der Waals surface area contributed by atoms with Crippen molar-refractivity contribution in [2.45, 2.75) is 6.92 Å². The molecule has 0 fully saturated rings. The lowest BCUT2D eigenvalue weighted by Gasteiger charge is -2.07. The maximum absolute atomic E-state index is 11.5. The molecule has 0 bridgehead atoms. The third-order valence-electron chi connectivity index (χ3n) is 2.24. The van der Waals surface area contributed by atoms with E-state index in [1.54, 1.807) is 17.8 Å². The minimum atomic E-state index is -0.551. The van der Waals surface area contributed by atoms with Crippen LogP contribution in [0.3, 0.4) is 0 Å². The number of hydrogen-bond donors (Lipinski definition) is 0. The highest BCUT2D eigenvalue weighted by molar-refractivity contribution is 5.91. The van der Waals surface area contributed by atoms with Crippen LogP contribution in [0.1, 0.15) is 16.1 Å². The first-order chi connectivity index (χ1) is 8.61. The van der Waals surface area contributed by atoms with Gasteiger partial charge >= 0.3 is 5.97 Å². The number of esters is 1. The molecule has 2 aromatic heterocycles. The Morgan fingerprint density at radius 1 is 1.44 bits per heavy atom. The monoisotopic (exact) mass is 248 g/mol. The third kappa shape index (κ3) is 2.29. The molecular weight excluding hydrogens is 236 g/mol. The average molecular weight is 248 g/mol. The molecule has 0 saturated carbocycles. The number of carbonyl (C=O) groups is 1. The van der Waals surface area contributed by atoms with E-state index in [1.165, 1.54) is 19.6 Å². The summed E-state index contributed by atoms with van der Waals surface area (Å²) in [5.74, 6) is 0.0701. The van der Waals surface area contributed by atoms with Crippen molar-refractivity contribution in [3.05, 3.63) is 29.8 Å². The zero-order chi connectivity index (χ0) is 13.1. The molecule has 0 N–H and O–H groups in total. The first-order valence-electron chi connectivity index (χ1n) is 5.18. The maximum Gasteiger partial charge on any atom is 0.345 e. The fourth-order valence-electron chi connectivity index (χ4n) is 1.43. The quantitative estimate of drug-likeness (QED) is 0.757. The van der Waals surface area contributed by atoms with E-state index in [-0.39, 0.29) is 11.4 Å². The Labute approximate surface area is 103 Å². The van der Waals surface area contributed by atoms with Gasteiger partial charge in [0.05, 0.1) is 12.8 Å². The van der Waals surface area contributed by atoms with Gasteiger partial charge in [-0.2, -0.15) is 5.10 Å². The van der Waals surface area contributed by atoms with Crippen LogP contribution in [0.5, 0.6) is 11.8 Å². The van der Waals surface area contributed by atoms with Gasteiger partial charge < -0.3 is 9.47 Å². The van der Waals surface area contributed by atoms with Gasteiger partial charge in [-0.3, -0.25) is 0 Å². The number of carbonyl (C=O) groups excluding carboxylic acids is 1. The number of aryl methyl sites for hydroxylation is 2. The summed E-state index contributed by atoms with van der Waals surface area (Å²) in [6.45, 7) is 1.84. The summed E-state index contributed by atoms with van der Waals surface area (Å²) in [6.07, 6.45) is 2.64. The zero-order valence-corrected chi connectivity index (χ0v) is 10.2. The van der Waals surface area contributed by atoms with Crippen molar-refractivity contribution in [3.63, 3.8) is 0 Å². The second-order valence-electron chi connectivity index (χ2n) is 3.58. The van der Waals surface area contributed by atoms with Crippen molar-refractivity contribution in [1.82, 2.24) is 19.7 Å². The van der Waals surface area contributed by atoms with Gasteiger partial charge in [0.25, 0.3) is 0 Å². The number of methoxy groups -OCH3 is 1. The van der Waals surface area contributed by atoms with E-state index in [9.17, 15) is 4.79 Å². The summed E-state index contributed by atoms with van der Waals surface area (Å²) in [6, 6.07) is 1.74. The van der Waals surface area contributed by atoms with E-state index in [0.717, 1.165) is 5.69 Å². The van der Waals surface area contributed by atoms with E-state index < -0.39 is 5.97 Å². The van der Waals surface area contributed by atoms with Crippen LogP contribution < -0.4 is 4.74 Å². The predicted octanol–water partition coefficient (Wildman–Crippen LogP) is 1.10. The Balaban J connectivity index is 2.34. The summed E-state index contributed by atoms with van der Waals surface area (Å²) in [4.78, 5) is 19.2. The van der Waals surface area contributed by atoms with Crippen molar-refractivity contribution < 1.29 is 14.3 Å². The standard InChI is InChI=1S/C11H12N4O3/c1-7-4-9(15(2)14-7)18-10-8(11(16)17-3)5-12-6-13-10/h4-6H,1-3H3. The molecule has 2 aromatic rings.